The van der Waals surface area contributed by atoms with Gasteiger partial charge in [0.25, 0.3) is 0 Å². The van der Waals surface area contributed by atoms with E-state index in [9.17, 15) is 19.0 Å². The number of hydrogen-bond acceptors (Lipinski definition) is 2. The molecule has 0 amide bonds. The summed E-state index contributed by atoms with van der Waals surface area (Å²) in [7, 11) is 0. The van der Waals surface area contributed by atoms with Crippen molar-refractivity contribution in [3.05, 3.63) is 29.8 Å². The smallest absolute Gasteiger partial charge is 0.250 e. The number of benzene rings is 1. The van der Waals surface area contributed by atoms with Crippen LogP contribution in [0, 0.1) is 0 Å². The molecule has 2 rings (SSSR count). The van der Waals surface area contributed by atoms with Crippen LogP contribution < -0.4 is 0 Å². The molecular weight excluding hydrogens is 202 g/mol. The second kappa shape index (κ2) is 3.17. The lowest BCUT2D eigenvalue weighted by molar-refractivity contribution is -0.140. The first-order chi connectivity index (χ1) is 6.99. The molecule has 0 spiro atoms. The monoisotopic (exact) mass is 214 g/mol. The third-order valence-electron chi connectivity index (χ3n) is 2.97. The van der Waals surface area contributed by atoms with Crippen molar-refractivity contribution < 1.29 is 19.0 Å². The number of halogens is 2. The van der Waals surface area contributed by atoms with Crippen molar-refractivity contribution in [2.24, 2.45) is 0 Å². The van der Waals surface area contributed by atoms with E-state index in [0.29, 0.717) is 5.56 Å². The van der Waals surface area contributed by atoms with E-state index >= 15 is 0 Å². The summed E-state index contributed by atoms with van der Waals surface area (Å²) in [4.78, 5) is 0. The van der Waals surface area contributed by atoms with Gasteiger partial charge < -0.3 is 10.2 Å². The maximum absolute atomic E-state index is 12.8. The summed E-state index contributed by atoms with van der Waals surface area (Å²) < 4.78 is 25.7. The fourth-order valence-electron chi connectivity index (χ4n) is 2.25. The van der Waals surface area contributed by atoms with Crippen LogP contribution in [-0.2, 0) is 5.41 Å². The molecule has 1 aliphatic rings. The molecule has 2 N–H and O–H groups in total. The number of aliphatic hydroxyl groups excluding tert-OH is 1. The van der Waals surface area contributed by atoms with Gasteiger partial charge in [-0.25, -0.2) is 8.78 Å². The van der Waals surface area contributed by atoms with Crippen LogP contribution in [0.2, 0.25) is 0 Å². The lowest BCUT2D eigenvalue weighted by Gasteiger charge is -2.46. The maximum Gasteiger partial charge on any atom is 0.250 e. The Morgan fingerprint density at radius 1 is 1.20 bits per heavy atom. The molecule has 4 heteroatoms. The molecule has 1 aromatic carbocycles. The first kappa shape index (κ1) is 10.4. The van der Waals surface area contributed by atoms with Gasteiger partial charge in [0.2, 0.25) is 5.92 Å². The molecule has 82 valence electrons. The van der Waals surface area contributed by atoms with Crippen molar-refractivity contribution in [1.29, 1.82) is 0 Å². The van der Waals surface area contributed by atoms with Gasteiger partial charge in [-0.2, -0.15) is 0 Å². The molecule has 0 saturated heterocycles. The van der Waals surface area contributed by atoms with Crippen molar-refractivity contribution in [1.82, 2.24) is 0 Å². The average Bonchev–Trinajstić information content (AvgIpc) is 2.14. The minimum absolute atomic E-state index is 0.0259. The number of aliphatic hydroxyl groups is 1. The third kappa shape index (κ3) is 1.59. The Balaban J connectivity index is 2.34. The lowest BCUT2D eigenvalue weighted by Crippen LogP contribution is -2.51. The van der Waals surface area contributed by atoms with Crippen LogP contribution in [0.4, 0.5) is 8.78 Å². The molecular formula is C11H12F2O2. The summed E-state index contributed by atoms with van der Waals surface area (Å²) in [5.74, 6) is -2.74. The highest BCUT2D eigenvalue weighted by Gasteiger charge is 2.57. The molecule has 2 nitrogen and oxygen atoms in total. The molecule has 1 aromatic rings. The zero-order valence-electron chi connectivity index (χ0n) is 8.08. The predicted molar refractivity (Wildman–Crippen MR) is 51.1 cm³/mol. The van der Waals surface area contributed by atoms with Gasteiger partial charge in [-0.1, -0.05) is 18.2 Å². The van der Waals surface area contributed by atoms with Crippen LogP contribution >= 0.6 is 0 Å². The van der Waals surface area contributed by atoms with E-state index in [1.165, 1.54) is 6.07 Å². The standard InChI is InChI=1S/C11H12F2O2/c12-11(13)5-10(6-11,7-14)8-3-1-2-4-9(8)15/h1-4,14-15H,5-7H2. The van der Waals surface area contributed by atoms with E-state index in [1.807, 2.05) is 0 Å². The second-order valence-electron chi connectivity index (χ2n) is 4.17. The van der Waals surface area contributed by atoms with Gasteiger partial charge in [0.05, 0.1) is 6.61 Å². The van der Waals surface area contributed by atoms with Crippen molar-refractivity contribution >= 4 is 0 Å². The largest absolute Gasteiger partial charge is 0.508 e. The Morgan fingerprint density at radius 2 is 1.80 bits per heavy atom. The normalized spacial score (nSPS) is 22.1. The van der Waals surface area contributed by atoms with Crippen LogP contribution in [0.3, 0.4) is 0 Å². The van der Waals surface area contributed by atoms with Crippen LogP contribution in [0.1, 0.15) is 18.4 Å². The second-order valence-corrected chi connectivity index (χ2v) is 4.17. The summed E-state index contributed by atoms with van der Waals surface area (Å²) >= 11 is 0. The highest BCUT2D eigenvalue weighted by atomic mass is 19.3. The molecule has 0 unspecified atom stereocenters. The van der Waals surface area contributed by atoms with Gasteiger partial charge in [0, 0.05) is 23.8 Å². The number of hydrogen-bond donors (Lipinski definition) is 2. The molecule has 0 bridgehead atoms. The van der Waals surface area contributed by atoms with Gasteiger partial charge in [0.1, 0.15) is 5.75 Å². The minimum Gasteiger partial charge on any atom is -0.508 e. The first-order valence-electron chi connectivity index (χ1n) is 4.76. The van der Waals surface area contributed by atoms with Gasteiger partial charge in [-0.15, -0.1) is 0 Å². The average molecular weight is 214 g/mol. The molecule has 1 aliphatic carbocycles. The number of phenols is 1. The topological polar surface area (TPSA) is 40.5 Å². The SMILES string of the molecule is OCC1(c2ccccc2O)CC(F)(F)C1. The molecule has 0 heterocycles. The highest BCUT2D eigenvalue weighted by Crippen LogP contribution is 2.54. The molecule has 1 fully saturated rings. The molecule has 15 heavy (non-hydrogen) atoms. The minimum atomic E-state index is -2.72. The van der Waals surface area contributed by atoms with E-state index in [1.54, 1.807) is 18.2 Å². The maximum atomic E-state index is 12.8. The van der Waals surface area contributed by atoms with Crippen LogP contribution in [-0.4, -0.2) is 22.7 Å². The van der Waals surface area contributed by atoms with Crippen LogP contribution in [0.25, 0.3) is 0 Å². The summed E-state index contributed by atoms with van der Waals surface area (Å²) in [6.07, 6.45) is -0.790. The Morgan fingerprint density at radius 3 is 2.27 bits per heavy atom. The van der Waals surface area contributed by atoms with Crippen molar-refractivity contribution in [3.8, 4) is 5.75 Å². The Kier molecular flexibility index (Phi) is 2.19. The van der Waals surface area contributed by atoms with E-state index < -0.39 is 24.2 Å². The van der Waals surface area contributed by atoms with E-state index in [-0.39, 0.29) is 12.4 Å². The fourth-order valence-corrected chi connectivity index (χ4v) is 2.25. The number of rotatable bonds is 2. The number of phenolic OH excluding ortho intramolecular Hbond substituents is 1. The highest BCUT2D eigenvalue weighted by molar-refractivity contribution is 5.41. The zero-order valence-corrected chi connectivity index (χ0v) is 8.08. The van der Waals surface area contributed by atoms with Gasteiger partial charge in [-0.3, -0.25) is 0 Å². The summed E-state index contributed by atoms with van der Waals surface area (Å²) in [6.45, 7) is -0.361. The number of aromatic hydroxyl groups is 1. The Hall–Kier alpha value is -1.16. The van der Waals surface area contributed by atoms with E-state index in [2.05, 4.69) is 0 Å². The molecule has 0 aliphatic heterocycles. The predicted octanol–water partition coefficient (Wildman–Crippen LogP) is 2.05. The quantitative estimate of drug-likeness (QED) is 0.791. The van der Waals surface area contributed by atoms with Gasteiger partial charge in [0.15, 0.2) is 0 Å². The van der Waals surface area contributed by atoms with Gasteiger partial charge in [-0.05, 0) is 6.07 Å². The lowest BCUT2D eigenvalue weighted by atomic mass is 9.62. The molecule has 1 saturated carbocycles. The molecule has 0 aromatic heterocycles. The molecule has 0 atom stereocenters. The zero-order chi connectivity index (χ0) is 11.1. The molecule has 0 radical (unpaired) electrons. The number of alkyl halides is 2. The third-order valence-corrected chi connectivity index (χ3v) is 2.97. The summed E-state index contributed by atoms with van der Waals surface area (Å²) in [5, 5.41) is 18.8. The Labute approximate surface area is 86.2 Å². The fraction of sp³-hybridized carbons (Fsp3) is 0.455. The van der Waals surface area contributed by atoms with Crippen LogP contribution in [0.15, 0.2) is 24.3 Å². The van der Waals surface area contributed by atoms with Crippen LogP contribution in [0.5, 0.6) is 5.75 Å². The Bertz CT molecular complexity index is 369. The van der Waals surface area contributed by atoms with E-state index in [4.69, 9.17) is 0 Å². The van der Waals surface area contributed by atoms with E-state index in [0.717, 1.165) is 0 Å². The van der Waals surface area contributed by atoms with Gasteiger partial charge >= 0.3 is 0 Å². The summed E-state index contributed by atoms with van der Waals surface area (Å²) in [6, 6.07) is 6.33. The van der Waals surface area contributed by atoms with Crippen molar-refractivity contribution in [3.63, 3.8) is 0 Å². The van der Waals surface area contributed by atoms with Crippen molar-refractivity contribution in [2.75, 3.05) is 6.61 Å². The van der Waals surface area contributed by atoms with Crippen molar-refractivity contribution in [2.45, 2.75) is 24.2 Å². The number of para-hydroxylation sites is 1. The first-order valence-corrected chi connectivity index (χ1v) is 4.76. The summed E-state index contributed by atoms with van der Waals surface area (Å²) in [5.41, 5.74) is -0.548.